The van der Waals surface area contributed by atoms with Crippen LogP contribution in [0.3, 0.4) is 0 Å². The van der Waals surface area contributed by atoms with Crippen LogP contribution in [0.25, 0.3) is 0 Å². The molecule has 1 aromatic rings. The van der Waals surface area contributed by atoms with Crippen LogP contribution in [0.4, 0.5) is 5.69 Å². The second-order valence-electron chi connectivity index (χ2n) is 3.62. The molecule has 1 aromatic carbocycles. The van der Waals surface area contributed by atoms with Crippen LogP contribution in [0.5, 0.6) is 5.75 Å². The lowest BCUT2D eigenvalue weighted by molar-refractivity contribution is 0.250. The van der Waals surface area contributed by atoms with Gasteiger partial charge < -0.3 is 10.5 Å². The number of nitrogen functional groups attached to an aromatic ring is 1. The summed E-state index contributed by atoms with van der Waals surface area (Å²) in [7, 11) is 0. The molecule has 0 aliphatic heterocycles. The van der Waals surface area contributed by atoms with Crippen LogP contribution >= 0.6 is 0 Å². The van der Waals surface area contributed by atoms with Crippen LogP contribution in [-0.4, -0.2) is 6.10 Å². The van der Waals surface area contributed by atoms with Crippen molar-refractivity contribution in [3.8, 4) is 11.8 Å². The molecule has 3 nitrogen and oxygen atoms in total. The van der Waals surface area contributed by atoms with Crippen LogP contribution in [0.2, 0.25) is 0 Å². The van der Waals surface area contributed by atoms with Crippen molar-refractivity contribution < 1.29 is 4.74 Å². The molecular weight excluding hydrogens is 188 g/mol. The Balaban J connectivity index is 2.96. The van der Waals surface area contributed by atoms with Gasteiger partial charge in [0.15, 0.2) is 6.10 Å². The van der Waals surface area contributed by atoms with Gasteiger partial charge in [-0.15, -0.1) is 0 Å². The van der Waals surface area contributed by atoms with Gasteiger partial charge >= 0.3 is 0 Å². The van der Waals surface area contributed by atoms with Gasteiger partial charge in [0.25, 0.3) is 0 Å². The Hall–Kier alpha value is -1.69. The fourth-order valence-electron chi connectivity index (χ4n) is 1.33. The molecule has 0 aromatic heterocycles. The van der Waals surface area contributed by atoms with E-state index in [0.717, 1.165) is 11.1 Å². The van der Waals surface area contributed by atoms with E-state index in [9.17, 15) is 0 Å². The number of nitriles is 1. The number of aryl methyl sites for hydroxylation is 2. The van der Waals surface area contributed by atoms with Gasteiger partial charge in [0.1, 0.15) is 11.8 Å². The van der Waals surface area contributed by atoms with Crippen molar-refractivity contribution >= 4 is 5.69 Å². The van der Waals surface area contributed by atoms with E-state index >= 15 is 0 Å². The zero-order chi connectivity index (χ0) is 11.4. The SMILES string of the molecule is CCC(C#N)Oc1cc(N)c(C)cc1C. The predicted molar refractivity (Wildman–Crippen MR) is 60.6 cm³/mol. The van der Waals surface area contributed by atoms with Crippen molar-refractivity contribution in [1.29, 1.82) is 5.26 Å². The summed E-state index contributed by atoms with van der Waals surface area (Å²) in [6.07, 6.45) is 0.273. The van der Waals surface area contributed by atoms with Gasteiger partial charge in [-0.05, 0) is 31.4 Å². The molecule has 15 heavy (non-hydrogen) atoms. The maximum absolute atomic E-state index is 8.80. The van der Waals surface area contributed by atoms with E-state index in [4.69, 9.17) is 15.7 Å². The molecular formula is C12H16N2O. The van der Waals surface area contributed by atoms with E-state index in [0.29, 0.717) is 17.9 Å². The fraction of sp³-hybridized carbons (Fsp3) is 0.417. The maximum atomic E-state index is 8.80. The molecule has 0 heterocycles. The normalized spacial score (nSPS) is 11.9. The molecule has 0 fully saturated rings. The number of benzene rings is 1. The average Bonchev–Trinajstić information content (AvgIpc) is 2.21. The monoisotopic (exact) mass is 204 g/mol. The second-order valence-corrected chi connectivity index (χ2v) is 3.62. The third kappa shape index (κ3) is 2.63. The summed E-state index contributed by atoms with van der Waals surface area (Å²) in [5.41, 5.74) is 8.52. The quantitative estimate of drug-likeness (QED) is 0.770. The first-order valence-electron chi connectivity index (χ1n) is 5.01. The summed E-state index contributed by atoms with van der Waals surface area (Å²) < 4.78 is 5.54. The Labute approximate surface area is 90.5 Å². The third-order valence-electron chi connectivity index (χ3n) is 2.35. The van der Waals surface area contributed by atoms with Gasteiger partial charge in [0.2, 0.25) is 0 Å². The van der Waals surface area contributed by atoms with Gasteiger partial charge in [-0.3, -0.25) is 0 Å². The van der Waals surface area contributed by atoms with Crippen LogP contribution < -0.4 is 10.5 Å². The highest BCUT2D eigenvalue weighted by Crippen LogP contribution is 2.25. The molecule has 0 spiro atoms. The summed E-state index contributed by atoms with van der Waals surface area (Å²) in [4.78, 5) is 0. The highest BCUT2D eigenvalue weighted by molar-refractivity contribution is 5.54. The van der Waals surface area contributed by atoms with Crippen molar-refractivity contribution in [2.45, 2.75) is 33.3 Å². The molecule has 1 atom stereocenters. The van der Waals surface area contributed by atoms with E-state index in [2.05, 4.69) is 6.07 Å². The number of ether oxygens (including phenoxy) is 1. The lowest BCUT2D eigenvalue weighted by atomic mass is 10.1. The first-order valence-corrected chi connectivity index (χ1v) is 5.01. The number of nitrogens with zero attached hydrogens (tertiary/aromatic N) is 1. The summed E-state index contributed by atoms with van der Waals surface area (Å²) >= 11 is 0. The van der Waals surface area contributed by atoms with E-state index in [-0.39, 0.29) is 0 Å². The summed E-state index contributed by atoms with van der Waals surface area (Å²) in [6, 6.07) is 5.85. The smallest absolute Gasteiger partial charge is 0.184 e. The van der Waals surface area contributed by atoms with E-state index in [1.165, 1.54) is 0 Å². The van der Waals surface area contributed by atoms with Crippen molar-refractivity contribution in [2.75, 3.05) is 5.73 Å². The lowest BCUT2D eigenvalue weighted by Gasteiger charge is -2.14. The third-order valence-corrected chi connectivity index (χ3v) is 2.35. The number of nitrogens with two attached hydrogens (primary N) is 1. The van der Waals surface area contributed by atoms with Gasteiger partial charge in [-0.2, -0.15) is 5.26 Å². The van der Waals surface area contributed by atoms with Crippen molar-refractivity contribution in [2.24, 2.45) is 0 Å². The maximum Gasteiger partial charge on any atom is 0.184 e. The van der Waals surface area contributed by atoms with Crippen molar-refractivity contribution in [3.63, 3.8) is 0 Å². The molecule has 2 N–H and O–H groups in total. The molecule has 1 rings (SSSR count). The molecule has 3 heteroatoms. The topological polar surface area (TPSA) is 59.0 Å². The number of rotatable bonds is 3. The minimum Gasteiger partial charge on any atom is -0.475 e. The number of anilines is 1. The molecule has 0 bridgehead atoms. The standard InChI is InChI=1S/C12H16N2O/c1-4-10(7-13)15-12-6-11(14)8(2)5-9(12)3/h5-6,10H,4,14H2,1-3H3. The van der Waals surface area contributed by atoms with Crippen molar-refractivity contribution in [1.82, 2.24) is 0 Å². The van der Waals surface area contributed by atoms with E-state index < -0.39 is 6.10 Å². The highest BCUT2D eigenvalue weighted by atomic mass is 16.5. The minimum atomic E-state index is -0.397. The average molecular weight is 204 g/mol. The zero-order valence-electron chi connectivity index (χ0n) is 9.37. The van der Waals surface area contributed by atoms with E-state index in [1.54, 1.807) is 6.07 Å². The largest absolute Gasteiger partial charge is 0.475 e. The van der Waals surface area contributed by atoms with Gasteiger partial charge in [0.05, 0.1) is 0 Å². The Morgan fingerprint density at radius 3 is 2.60 bits per heavy atom. The fourth-order valence-corrected chi connectivity index (χ4v) is 1.33. The summed E-state index contributed by atoms with van der Waals surface area (Å²) in [5.74, 6) is 0.700. The molecule has 0 amide bonds. The summed E-state index contributed by atoms with van der Waals surface area (Å²) in [5, 5.41) is 8.80. The summed E-state index contributed by atoms with van der Waals surface area (Å²) in [6.45, 7) is 5.82. The Bertz CT molecular complexity index is 393. The van der Waals surface area contributed by atoms with Crippen LogP contribution in [0.1, 0.15) is 24.5 Å². The highest BCUT2D eigenvalue weighted by Gasteiger charge is 2.09. The van der Waals surface area contributed by atoms with Crippen LogP contribution in [-0.2, 0) is 0 Å². The number of hydrogen-bond acceptors (Lipinski definition) is 3. The molecule has 1 unspecified atom stereocenters. The Morgan fingerprint density at radius 2 is 2.07 bits per heavy atom. The first kappa shape index (κ1) is 11.4. The Kier molecular flexibility index (Phi) is 3.56. The molecule has 80 valence electrons. The molecule has 0 aliphatic rings. The van der Waals surface area contributed by atoms with Crippen LogP contribution in [0.15, 0.2) is 12.1 Å². The predicted octanol–water partition coefficient (Wildman–Crippen LogP) is 2.57. The molecule has 0 saturated heterocycles. The van der Waals surface area contributed by atoms with Crippen LogP contribution in [0, 0.1) is 25.2 Å². The van der Waals surface area contributed by atoms with Crippen molar-refractivity contribution in [3.05, 3.63) is 23.3 Å². The number of hydrogen-bond donors (Lipinski definition) is 1. The molecule has 0 aliphatic carbocycles. The second kappa shape index (κ2) is 4.70. The van der Waals surface area contributed by atoms with Gasteiger partial charge in [0, 0.05) is 11.8 Å². The molecule has 0 radical (unpaired) electrons. The van der Waals surface area contributed by atoms with Gasteiger partial charge in [-0.1, -0.05) is 13.0 Å². The Morgan fingerprint density at radius 1 is 1.40 bits per heavy atom. The zero-order valence-corrected chi connectivity index (χ0v) is 9.37. The molecule has 0 saturated carbocycles. The van der Waals surface area contributed by atoms with Gasteiger partial charge in [-0.25, -0.2) is 0 Å². The van der Waals surface area contributed by atoms with E-state index in [1.807, 2.05) is 26.8 Å². The minimum absolute atomic E-state index is 0.397. The lowest BCUT2D eigenvalue weighted by Crippen LogP contribution is -2.13. The first-order chi connectivity index (χ1) is 7.08.